The van der Waals surface area contributed by atoms with Crippen molar-refractivity contribution in [3.63, 3.8) is 0 Å². The Hall–Kier alpha value is -2.60. The third-order valence-corrected chi connectivity index (χ3v) is 16.1. The third-order valence-electron chi connectivity index (χ3n) is 12.1. The number of nitrogens with two attached hydrogens (primary N) is 1. The number of thioether (sulfide) groups is 1. The number of aromatic nitrogens is 4. The number of fused-ring (bicyclic) bond motifs is 1. The molecule has 0 saturated carbocycles. The highest BCUT2D eigenvalue weighted by Crippen LogP contribution is 2.61. The summed E-state index contributed by atoms with van der Waals surface area (Å²) in [6, 6.07) is 0. The molecule has 2 amide bonds. The molecule has 4 rings (SSSR count). The molecule has 28 nitrogen and oxygen atoms in total. The summed E-state index contributed by atoms with van der Waals surface area (Å²) in [7, 11) is -16.4. The minimum atomic E-state index is -5.59. The number of carbonyl (C=O) groups is 3. The van der Waals surface area contributed by atoms with Crippen molar-refractivity contribution in [3.05, 3.63) is 12.7 Å². The normalized spacial score (nSPS) is 25.0. The number of ether oxygens (including phenoxy) is 3. The van der Waals surface area contributed by atoms with E-state index in [4.69, 9.17) is 29.0 Å². The third kappa shape index (κ3) is 21.7. The number of phosphoric acid groups is 3. The number of hydrogen-bond acceptors (Lipinski definition) is 22. The number of rotatable bonds is 34. The summed E-state index contributed by atoms with van der Waals surface area (Å²) < 4.78 is 73.9. The molecule has 12 atom stereocenters. The maximum atomic E-state index is 12.8. The lowest BCUT2D eigenvalue weighted by atomic mass is 9.87. The number of imidazole rings is 1. The second-order valence-corrected chi connectivity index (χ2v) is 24.3. The number of nitrogens with one attached hydrogen (secondary N) is 2. The van der Waals surface area contributed by atoms with Gasteiger partial charge >= 0.3 is 23.5 Å². The highest BCUT2D eigenvalue weighted by atomic mass is 32.2. The van der Waals surface area contributed by atoms with Crippen LogP contribution in [0.5, 0.6) is 0 Å². The predicted molar refractivity (Wildman–Crippen MR) is 264 cm³/mol. The summed E-state index contributed by atoms with van der Waals surface area (Å²) in [6.07, 6.45) is 2.66. The maximum absolute atomic E-state index is 12.8. The van der Waals surface area contributed by atoms with Gasteiger partial charge in [-0.25, -0.2) is 28.6 Å². The number of unbranched alkanes of at least 4 members (excludes halogenated alkanes) is 9. The molecule has 0 aliphatic carbocycles. The van der Waals surface area contributed by atoms with E-state index in [1.54, 1.807) is 6.92 Å². The lowest BCUT2D eigenvalue weighted by molar-refractivity contribution is -0.273. The van der Waals surface area contributed by atoms with Gasteiger partial charge in [-0.2, -0.15) is 4.31 Å². The van der Waals surface area contributed by atoms with Crippen LogP contribution in [0.3, 0.4) is 0 Å². The van der Waals surface area contributed by atoms with Crippen molar-refractivity contribution in [2.75, 3.05) is 37.8 Å². The fourth-order valence-electron chi connectivity index (χ4n) is 7.85. The molecule has 2 unspecified atom stereocenters. The Morgan fingerprint density at radius 2 is 1.51 bits per heavy atom. The average Bonchev–Trinajstić information content (AvgIpc) is 3.88. The lowest BCUT2D eigenvalue weighted by Gasteiger charge is -2.36. The Labute approximate surface area is 433 Å². The first kappa shape index (κ1) is 63.9. The van der Waals surface area contributed by atoms with Crippen molar-refractivity contribution >= 4 is 69.1 Å². The minimum Gasteiger partial charge on any atom is -0.390 e. The zero-order chi connectivity index (χ0) is 54.9. The number of hydrogen-bond donors (Lipinski definition) is 11. The fourth-order valence-corrected chi connectivity index (χ4v) is 11.4. The predicted octanol–water partition coefficient (Wildman–Crippen LogP) is 2.61. The Morgan fingerprint density at radius 3 is 2.18 bits per heavy atom. The molecule has 74 heavy (non-hydrogen) atoms. The van der Waals surface area contributed by atoms with Gasteiger partial charge in [0.1, 0.15) is 42.4 Å². The van der Waals surface area contributed by atoms with Crippen LogP contribution in [0.2, 0.25) is 0 Å². The average molecular weight is 1140 g/mol. The van der Waals surface area contributed by atoms with Crippen molar-refractivity contribution in [2.24, 2.45) is 5.41 Å². The van der Waals surface area contributed by atoms with Crippen molar-refractivity contribution in [2.45, 2.75) is 179 Å². The van der Waals surface area contributed by atoms with Crippen LogP contribution < -0.4 is 16.4 Å². The number of amides is 2. The van der Waals surface area contributed by atoms with Crippen LogP contribution >= 0.6 is 35.2 Å². The number of phosphoric ester groups is 3. The molecule has 2 aromatic rings. The number of anilines is 1. The van der Waals surface area contributed by atoms with Gasteiger partial charge in [0.2, 0.25) is 11.8 Å². The maximum Gasteiger partial charge on any atom is 0.481 e. The number of nitrogen functional groups attached to an aromatic ring is 1. The van der Waals surface area contributed by atoms with E-state index >= 15 is 0 Å². The van der Waals surface area contributed by atoms with Crippen LogP contribution in [0.25, 0.3) is 11.2 Å². The lowest BCUT2D eigenvalue weighted by Crippen LogP contribution is -2.48. The molecule has 12 N–H and O–H groups in total. The van der Waals surface area contributed by atoms with Crippen molar-refractivity contribution in [1.29, 1.82) is 0 Å². The molecule has 2 aliphatic rings. The summed E-state index contributed by atoms with van der Waals surface area (Å²) in [5.41, 5.74) is 4.26. The molecule has 2 saturated heterocycles. The Kier molecular flexibility index (Phi) is 25.9. The molecule has 2 fully saturated rings. The summed E-state index contributed by atoms with van der Waals surface area (Å²) >= 11 is 1.13. The number of carbonyl (C=O) groups excluding carboxylic acids is 3. The van der Waals surface area contributed by atoms with Crippen LogP contribution in [0, 0.1) is 5.41 Å². The van der Waals surface area contributed by atoms with Gasteiger partial charge in [0.25, 0.3) is 0 Å². The molecule has 2 aromatic heterocycles. The first-order valence-electron chi connectivity index (χ1n) is 24.4. The van der Waals surface area contributed by atoms with Gasteiger partial charge < -0.3 is 70.6 Å². The van der Waals surface area contributed by atoms with Crippen LogP contribution in [0.1, 0.15) is 124 Å². The summed E-state index contributed by atoms with van der Waals surface area (Å²) in [6.45, 7) is 4.23. The van der Waals surface area contributed by atoms with Crippen molar-refractivity contribution in [3.8, 4) is 0 Å². The van der Waals surface area contributed by atoms with Crippen LogP contribution in [-0.2, 0) is 60.2 Å². The van der Waals surface area contributed by atoms with E-state index in [0.29, 0.717) is 12.2 Å². The summed E-state index contributed by atoms with van der Waals surface area (Å²) in [4.78, 5) is 88.6. The van der Waals surface area contributed by atoms with Gasteiger partial charge in [0.05, 0.1) is 37.9 Å². The van der Waals surface area contributed by atoms with Crippen LogP contribution in [0.15, 0.2) is 12.7 Å². The van der Waals surface area contributed by atoms with Gasteiger partial charge in [-0.1, -0.05) is 83.4 Å². The van der Waals surface area contributed by atoms with Gasteiger partial charge in [-0.05, 0) is 26.7 Å². The first-order chi connectivity index (χ1) is 34.7. The van der Waals surface area contributed by atoms with E-state index < -0.39 is 103 Å². The molecule has 0 bridgehead atoms. The first-order valence-corrected chi connectivity index (χ1v) is 29.9. The molecule has 0 radical (unpaired) electrons. The van der Waals surface area contributed by atoms with Crippen molar-refractivity contribution < 1.29 is 100 Å². The van der Waals surface area contributed by atoms with Crippen LogP contribution in [0.4, 0.5) is 5.82 Å². The largest absolute Gasteiger partial charge is 0.481 e. The topological polar surface area (TPSA) is 423 Å². The summed E-state index contributed by atoms with van der Waals surface area (Å²) in [5.74, 6) is -1.09. The van der Waals surface area contributed by atoms with E-state index in [1.165, 1.54) is 13.8 Å². The molecule has 2 aliphatic heterocycles. The minimum absolute atomic E-state index is 0.0272. The Morgan fingerprint density at radius 1 is 0.878 bits per heavy atom. The smallest absolute Gasteiger partial charge is 0.390 e. The van der Waals surface area contributed by atoms with E-state index in [2.05, 4.69) is 34.4 Å². The van der Waals surface area contributed by atoms with E-state index in [1.807, 2.05) is 6.92 Å². The molecule has 32 heteroatoms. The Balaban J connectivity index is 1.02. The molecule has 0 aromatic carbocycles. The van der Waals surface area contributed by atoms with E-state index in [-0.39, 0.29) is 60.2 Å². The second-order valence-electron chi connectivity index (χ2n) is 18.9. The zero-order valence-corrected chi connectivity index (χ0v) is 45.4. The standard InChI is InChI=1S/C42H74N7O21P3S/c1-26(66-41-29(51)21-28(50)27(2)67-41)15-13-11-9-7-5-6-8-10-12-14-16-32(53)74-20-19-44-31(52)17-18-45-39(56)36(55)42(3,4)23-65-73(62,63)70-72(60,61)64-22-30-35(69-71(57,58)59)34(54)40(68-30)49-25-48-33-37(43)46-24-47-38(33)49/h24-30,34-36,40-41,50-51,54-55H,5-23H2,1-4H3,(H,44,52)(H,45,56)(H,60,61)(H,62,63)(H2,43,46,47)(H2,57,58,59)/t26-,27+,28-,29-,30-,34-,35-,36+,40-,41-/m1/s1. The second kappa shape index (κ2) is 30.0. The van der Waals surface area contributed by atoms with Crippen LogP contribution in [-0.4, -0.2) is 164 Å². The Bertz CT molecular complexity index is 2250. The number of nitrogens with zero attached hydrogens (tertiary/aromatic N) is 4. The zero-order valence-electron chi connectivity index (χ0n) is 41.9. The molecular formula is C42H74N7O21P3S. The van der Waals surface area contributed by atoms with E-state index in [0.717, 1.165) is 99.6 Å². The van der Waals surface area contributed by atoms with Gasteiger partial charge in [-0.3, -0.25) is 32.5 Å². The van der Waals surface area contributed by atoms with E-state index in [9.17, 15) is 68.1 Å². The van der Waals surface area contributed by atoms with Gasteiger partial charge in [0, 0.05) is 43.5 Å². The summed E-state index contributed by atoms with van der Waals surface area (Å²) in [5, 5.41) is 46.6. The molecule has 4 heterocycles. The van der Waals surface area contributed by atoms with Gasteiger partial charge in [-0.15, -0.1) is 0 Å². The fraction of sp³-hybridized carbons (Fsp3) is 0.810. The highest BCUT2D eigenvalue weighted by Gasteiger charge is 2.50. The molecule has 0 spiro atoms. The SMILES string of the molecule is C[C@H](CCCCCCCCCCCCC(=O)SCCNC(=O)CCNC(=O)[C@H](O)C(C)(C)COP(=O)(O)OP(=O)(O)OC[C@H]1O[C@@H](n2cnc3c(N)ncnc32)[C@H](O)[C@@H]1OP(=O)(O)O)O[C@@H]1O[C@@H](C)[C@H](O)C[C@H]1O. The highest BCUT2D eigenvalue weighted by molar-refractivity contribution is 8.13. The number of aliphatic hydroxyl groups is 4. The molecule has 424 valence electrons. The quantitative estimate of drug-likeness (QED) is 0.0354. The monoisotopic (exact) mass is 1140 g/mol. The van der Waals surface area contributed by atoms with Gasteiger partial charge in [0.15, 0.2) is 29.1 Å². The van der Waals surface area contributed by atoms with Crippen molar-refractivity contribution in [1.82, 2.24) is 30.2 Å². The molecular weight excluding hydrogens is 1060 g/mol. The number of aliphatic hydroxyl groups excluding tert-OH is 4.